The molecular formula is C127H86N8O3. The van der Waals surface area contributed by atoms with Crippen LogP contribution >= 0.6 is 0 Å². The van der Waals surface area contributed by atoms with Crippen molar-refractivity contribution < 1.29 is 13.3 Å². The van der Waals surface area contributed by atoms with Gasteiger partial charge in [-0.2, -0.15) is 0 Å². The van der Waals surface area contributed by atoms with Crippen LogP contribution in [0.4, 0.5) is 0 Å². The zero-order valence-corrected chi connectivity index (χ0v) is 76.6. The number of para-hydroxylation sites is 12. The van der Waals surface area contributed by atoms with Crippen molar-refractivity contribution in [1.82, 2.24) is 36.5 Å². The van der Waals surface area contributed by atoms with E-state index in [4.69, 9.17) is 13.3 Å². The molecule has 0 spiro atoms. The molecule has 0 unspecified atom stereocenters. The number of hydrogen-bond acceptors (Lipinski definition) is 3. The van der Waals surface area contributed by atoms with E-state index in [-0.39, 0.29) is 5.41 Å². The zero-order valence-electron chi connectivity index (χ0n) is 76.6. The van der Waals surface area contributed by atoms with E-state index in [1.807, 2.05) is 18.2 Å². The fourth-order valence-corrected chi connectivity index (χ4v) is 24.4. The highest BCUT2D eigenvalue weighted by molar-refractivity contribution is 6.27. The molecule has 652 valence electrons. The van der Waals surface area contributed by atoms with Crippen molar-refractivity contribution in [2.75, 3.05) is 0 Å². The van der Waals surface area contributed by atoms with E-state index in [1.165, 1.54) is 192 Å². The third kappa shape index (κ3) is 10.8. The van der Waals surface area contributed by atoms with Gasteiger partial charge in [0.05, 0.1) is 72.1 Å². The summed E-state index contributed by atoms with van der Waals surface area (Å²) in [5, 5.41) is 27.1. The van der Waals surface area contributed by atoms with Crippen LogP contribution in [0.25, 0.3) is 274 Å². The second kappa shape index (κ2) is 29.1. The van der Waals surface area contributed by atoms with Crippen molar-refractivity contribution in [2.45, 2.75) is 19.3 Å². The maximum Gasteiger partial charge on any atom is 0.160 e. The lowest BCUT2D eigenvalue weighted by Gasteiger charge is -2.24. The summed E-state index contributed by atoms with van der Waals surface area (Å²) < 4.78 is 38.4. The summed E-state index contributed by atoms with van der Waals surface area (Å²) in [4.78, 5) is 0. The lowest BCUT2D eigenvalue weighted by Crippen LogP contribution is -2.16. The molecule has 0 atom stereocenters. The van der Waals surface area contributed by atoms with Crippen LogP contribution in [-0.4, -0.2) is 36.5 Å². The molecular weight excluding hydrogens is 1690 g/mol. The zero-order chi connectivity index (χ0) is 91.3. The van der Waals surface area contributed by atoms with Crippen molar-refractivity contribution in [2.24, 2.45) is 28.2 Å². The van der Waals surface area contributed by atoms with Crippen LogP contribution in [0.2, 0.25) is 0 Å². The number of aromatic nitrogens is 8. The van der Waals surface area contributed by atoms with Gasteiger partial charge in [0.15, 0.2) is 16.7 Å². The quantitative estimate of drug-likeness (QED) is 0.176. The Morgan fingerprint density at radius 1 is 0.188 bits per heavy atom. The topological polar surface area (TPSA) is 78.9 Å². The van der Waals surface area contributed by atoms with Gasteiger partial charge in [0.2, 0.25) is 0 Å². The van der Waals surface area contributed by atoms with Crippen molar-refractivity contribution in [3.8, 4) is 33.9 Å². The van der Waals surface area contributed by atoms with Gasteiger partial charge in [0.1, 0.15) is 16.7 Å². The van der Waals surface area contributed by atoms with Crippen molar-refractivity contribution >= 4 is 240 Å². The summed E-state index contributed by atoms with van der Waals surface area (Å²) >= 11 is 0. The molecule has 11 heterocycles. The summed E-state index contributed by atoms with van der Waals surface area (Å²) in [6, 6.07) is 148. The molecule has 11 aromatic heterocycles. The van der Waals surface area contributed by atoms with Crippen LogP contribution in [0.15, 0.2) is 426 Å². The first-order valence-corrected chi connectivity index (χ1v) is 47.5. The Labute approximate surface area is 789 Å². The first kappa shape index (κ1) is 77.8. The Hall–Kier alpha value is -17.8. The number of rotatable bonds is 4. The van der Waals surface area contributed by atoms with E-state index in [0.717, 1.165) is 93.7 Å². The van der Waals surface area contributed by atoms with E-state index in [1.54, 1.807) is 0 Å². The monoisotopic (exact) mass is 1770 g/mol. The fraction of sp³-hybridized carbons (Fsp3) is 0.0551. The lowest BCUT2D eigenvalue weighted by molar-refractivity contribution is 0.664. The Bertz CT molecular complexity index is 10700. The SMILES string of the molecule is Cn1c2ccccc2c2c(-n3c4ccccc4c4ccc5c6ccccc6oc5c43)cccc21.Cn1c2ccccc2c2cc(-n3c4ccccc4c4ccc5c6ccccc6oc5c43)ccc21.Cn1c2ccccc2c2ccc(-n3c4ccccc4c4ccc5c6ccccc6oc5c43)cc21.Cn1c2ccccc2c2cccc(-n3c4ccccc4c4ccc5c(c43)C(C)(C)c3ccccc3-5)c21. The largest absolute Gasteiger partial charge is 0.454 e. The molecule has 0 fully saturated rings. The average Bonchev–Trinajstić information content (AvgIpc) is 1.53. The number of benzene rings is 20. The normalized spacial score (nSPS) is 12.8. The first-order valence-electron chi connectivity index (χ1n) is 47.5. The highest BCUT2D eigenvalue weighted by Crippen LogP contribution is 2.55. The summed E-state index contributed by atoms with van der Waals surface area (Å²) in [7, 11) is 8.64. The third-order valence-corrected chi connectivity index (χ3v) is 30.5. The molecule has 0 amide bonds. The summed E-state index contributed by atoms with van der Waals surface area (Å²) in [5.41, 5.74) is 35.2. The van der Waals surface area contributed by atoms with Crippen LogP contribution < -0.4 is 0 Å². The van der Waals surface area contributed by atoms with Crippen LogP contribution in [0.1, 0.15) is 25.0 Å². The van der Waals surface area contributed by atoms with Gasteiger partial charge in [-0.3, -0.25) is 0 Å². The Morgan fingerprint density at radius 2 is 0.500 bits per heavy atom. The standard InChI is InChI=1S/C34H26N2.3C31H20N2O/c1-34(2)27-15-7-4-11-21(27)24-19-20-26-23-13-6-9-17-29(23)36(33(26)31(24)34)30-18-10-14-25-22-12-5-8-16-28(22)35(3)32(25)30;1-32-24-12-5-3-11-23(24)29-26(32)14-8-15-27(29)33-25-13-6-2-9-19(25)21-17-18-22-20-10-4-7-16-28(20)34-31(22)30(21)33;1-32-26-11-5-2-9-21(26)25-18-19(14-17-27(25)32)33-28-12-6-3-8-20(28)23-15-16-24-22-10-4-7-13-29(22)34-31(24)30(23)33;1-32-26-11-5-2-8-20(26)22-15-14-19(18-28(22)32)33-27-12-6-3-9-21(27)24-16-17-25-23-10-4-7-13-29(23)34-31(25)30(24)33/h4-20H,1-3H3;3*2-18H,1H3. The molecule has 0 saturated carbocycles. The second-order valence-corrected chi connectivity index (χ2v) is 37.8. The van der Waals surface area contributed by atoms with E-state index < -0.39 is 0 Å². The number of fused-ring (bicyclic) bond motifs is 40. The molecule has 11 heteroatoms. The molecule has 1 aliphatic carbocycles. The molecule has 138 heavy (non-hydrogen) atoms. The van der Waals surface area contributed by atoms with Gasteiger partial charge in [-0.15, -0.1) is 0 Å². The van der Waals surface area contributed by atoms with Gasteiger partial charge in [0.25, 0.3) is 0 Å². The highest BCUT2D eigenvalue weighted by Gasteiger charge is 2.39. The molecule has 31 aromatic rings. The van der Waals surface area contributed by atoms with Gasteiger partial charge < -0.3 is 49.8 Å². The minimum atomic E-state index is -0.0929. The minimum Gasteiger partial charge on any atom is -0.454 e. The maximum atomic E-state index is 6.54. The van der Waals surface area contributed by atoms with Crippen molar-refractivity contribution in [3.63, 3.8) is 0 Å². The molecule has 0 bridgehead atoms. The molecule has 0 aliphatic heterocycles. The van der Waals surface area contributed by atoms with Crippen molar-refractivity contribution in [1.29, 1.82) is 0 Å². The number of furan rings is 3. The Balaban J connectivity index is 0.0000000888. The Kier molecular flexibility index (Phi) is 16.4. The van der Waals surface area contributed by atoms with E-state index in [2.05, 4.69) is 473 Å². The molecule has 0 N–H and O–H groups in total. The predicted octanol–water partition coefficient (Wildman–Crippen LogP) is 33.7. The number of nitrogens with zero attached hydrogens (tertiary/aromatic N) is 8. The highest BCUT2D eigenvalue weighted by atomic mass is 16.3. The Morgan fingerprint density at radius 3 is 1.03 bits per heavy atom. The number of hydrogen-bond donors (Lipinski definition) is 0. The molecule has 20 aromatic carbocycles. The second-order valence-electron chi connectivity index (χ2n) is 37.8. The van der Waals surface area contributed by atoms with Crippen LogP contribution in [0.5, 0.6) is 0 Å². The average molecular weight is 1770 g/mol. The van der Waals surface area contributed by atoms with E-state index in [9.17, 15) is 0 Å². The van der Waals surface area contributed by atoms with Crippen molar-refractivity contribution in [3.05, 3.63) is 424 Å². The van der Waals surface area contributed by atoms with Gasteiger partial charge in [-0.25, -0.2) is 0 Å². The van der Waals surface area contributed by atoms with Crippen LogP contribution in [0, 0.1) is 0 Å². The van der Waals surface area contributed by atoms with Crippen LogP contribution in [0.3, 0.4) is 0 Å². The molecule has 1 aliphatic rings. The van der Waals surface area contributed by atoms with E-state index >= 15 is 0 Å². The van der Waals surface area contributed by atoms with Gasteiger partial charge in [-0.05, 0) is 156 Å². The van der Waals surface area contributed by atoms with Gasteiger partial charge in [-0.1, -0.05) is 293 Å². The lowest BCUT2D eigenvalue weighted by atomic mass is 9.81. The van der Waals surface area contributed by atoms with Crippen LogP contribution in [-0.2, 0) is 33.6 Å². The molecule has 0 radical (unpaired) electrons. The molecule has 32 rings (SSSR count). The van der Waals surface area contributed by atoms with Gasteiger partial charge in [0, 0.05) is 191 Å². The van der Waals surface area contributed by atoms with E-state index in [0.29, 0.717) is 0 Å². The summed E-state index contributed by atoms with van der Waals surface area (Å²) in [6.45, 7) is 4.77. The van der Waals surface area contributed by atoms with Gasteiger partial charge >= 0.3 is 0 Å². The summed E-state index contributed by atoms with van der Waals surface area (Å²) in [6.07, 6.45) is 0. The minimum absolute atomic E-state index is 0.0929. The third-order valence-electron chi connectivity index (χ3n) is 30.5. The summed E-state index contributed by atoms with van der Waals surface area (Å²) in [5.74, 6) is 0. The predicted molar refractivity (Wildman–Crippen MR) is 578 cm³/mol. The first-order chi connectivity index (χ1) is 68.0. The molecule has 11 nitrogen and oxygen atoms in total. The maximum absolute atomic E-state index is 6.54. The number of aryl methyl sites for hydroxylation is 4. The fourth-order valence-electron chi connectivity index (χ4n) is 24.4. The molecule has 0 saturated heterocycles. The smallest absolute Gasteiger partial charge is 0.160 e.